The van der Waals surface area contributed by atoms with Gasteiger partial charge in [0.2, 0.25) is 5.69 Å². The molecule has 0 saturated carbocycles. The van der Waals surface area contributed by atoms with E-state index in [1.165, 1.54) is 10.8 Å². The van der Waals surface area contributed by atoms with Gasteiger partial charge in [-0.15, -0.1) is 0 Å². The van der Waals surface area contributed by atoms with Crippen LogP contribution >= 0.6 is 0 Å². The number of hydrogen-bond donors (Lipinski definition) is 0. The standard InChI is InChI=1S/C21H31FNSi/c1-14(2)9-17-12-19(23(5)13-20(17)24(6,7)8)21-16(4)10-15(3)11-18(21)22/h10-14H,9H2,1-8H3/q+1/i3D3. The highest BCUT2D eigenvalue weighted by Crippen LogP contribution is 2.26. The second-order valence-electron chi connectivity index (χ2n) is 8.21. The minimum absolute atomic E-state index is 0.0463. The Bertz CT molecular complexity index is 829. The molecule has 0 spiro atoms. The molecule has 0 fully saturated rings. The van der Waals surface area contributed by atoms with Crippen LogP contribution in [0.5, 0.6) is 0 Å². The van der Waals surface area contributed by atoms with Gasteiger partial charge in [-0.05, 0) is 48.9 Å². The van der Waals surface area contributed by atoms with Gasteiger partial charge in [-0.2, -0.15) is 0 Å². The number of nitrogens with zero attached hydrogens (tertiary/aromatic N) is 1. The molecule has 1 heterocycles. The van der Waals surface area contributed by atoms with Crippen molar-refractivity contribution in [1.82, 2.24) is 0 Å². The lowest BCUT2D eigenvalue weighted by atomic mass is 9.97. The third-order valence-corrected chi connectivity index (χ3v) is 6.41. The lowest BCUT2D eigenvalue weighted by molar-refractivity contribution is -0.659. The summed E-state index contributed by atoms with van der Waals surface area (Å²) in [5.41, 5.74) is 3.24. The number of aryl methyl sites for hydroxylation is 3. The molecule has 1 aromatic carbocycles. The van der Waals surface area contributed by atoms with Crippen LogP contribution < -0.4 is 9.75 Å². The van der Waals surface area contributed by atoms with Crippen LogP contribution in [0.25, 0.3) is 11.3 Å². The van der Waals surface area contributed by atoms with E-state index in [1.807, 2.05) is 11.6 Å². The van der Waals surface area contributed by atoms with Crippen molar-refractivity contribution in [2.24, 2.45) is 13.0 Å². The van der Waals surface area contributed by atoms with E-state index in [9.17, 15) is 4.39 Å². The van der Waals surface area contributed by atoms with Crippen LogP contribution in [0.15, 0.2) is 24.4 Å². The van der Waals surface area contributed by atoms with E-state index in [-0.39, 0.29) is 5.56 Å². The Morgan fingerprint density at radius 3 is 2.38 bits per heavy atom. The van der Waals surface area contributed by atoms with Gasteiger partial charge in [0.05, 0.1) is 13.6 Å². The molecule has 0 unspecified atom stereocenters. The van der Waals surface area contributed by atoms with E-state index < -0.39 is 20.7 Å². The Hall–Kier alpha value is -1.48. The van der Waals surface area contributed by atoms with Crippen molar-refractivity contribution in [3.63, 3.8) is 0 Å². The first-order chi connectivity index (χ1) is 12.2. The lowest BCUT2D eigenvalue weighted by Gasteiger charge is -2.21. The zero-order valence-electron chi connectivity index (χ0n) is 18.9. The largest absolute Gasteiger partial charge is 0.215 e. The average molecular weight is 348 g/mol. The molecule has 130 valence electrons. The molecule has 0 aliphatic heterocycles. The fraction of sp³-hybridized carbons (Fsp3) is 0.476. The normalized spacial score (nSPS) is 14.5. The van der Waals surface area contributed by atoms with Gasteiger partial charge in [0.15, 0.2) is 6.20 Å². The first kappa shape index (κ1) is 14.8. The molecule has 0 bridgehead atoms. The Labute approximate surface area is 151 Å². The van der Waals surface area contributed by atoms with Crippen molar-refractivity contribution in [1.29, 1.82) is 0 Å². The van der Waals surface area contributed by atoms with Gasteiger partial charge in [-0.3, -0.25) is 0 Å². The van der Waals surface area contributed by atoms with Crippen LogP contribution in [-0.2, 0) is 13.5 Å². The quantitative estimate of drug-likeness (QED) is 0.558. The van der Waals surface area contributed by atoms with Gasteiger partial charge in [-0.1, -0.05) is 39.6 Å². The lowest BCUT2D eigenvalue weighted by Crippen LogP contribution is -2.47. The highest BCUT2D eigenvalue weighted by molar-refractivity contribution is 6.88. The zero-order valence-corrected chi connectivity index (χ0v) is 16.9. The van der Waals surface area contributed by atoms with Gasteiger partial charge in [0.1, 0.15) is 12.9 Å². The molecule has 0 aliphatic rings. The summed E-state index contributed by atoms with van der Waals surface area (Å²) in [7, 11) is 0.389. The summed E-state index contributed by atoms with van der Waals surface area (Å²) in [4.78, 5) is 0. The van der Waals surface area contributed by atoms with Crippen molar-refractivity contribution >= 4 is 13.3 Å². The highest BCUT2D eigenvalue weighted by Gasteiger charge is 2.27. The monoisotopic (exact) mass is 347 g/mol. The molecule has 0 N–H and O–H groups in total. The maximum Gasteiger partial charge on any atom is 0.215 e. The highest BCUT2D eigenvalue weighted by atomic mass is 28.3. The molecule has 0 saturated heterocycles. The molecular formula is C21H31FNSi+. The summed E-state index contributed by atoms with van der Waals surface area (Å²) in [6.45, 7) is 10.8. The molecule has 0 aliphatic carbocycles. The first-order valence-electron chi connectivity index (χ1n) is 10.1. The maximum absolute atomic E-state index is 15.0. The van der Waals surface area contributed by atoms with Crippen LogP contribution in [0.2, 0.25) is 19.6 Å². The van der Waals surface area contributed by atoms with Gasteiger partial charge < -0.3 is 0 Å². The summed E-state index contributed by atoms with van der Waals surface area (Å²) in [5.74, 6) is 0.0255. The molecule has 2 aromatic rings. The molecule has 24 heavy (non-hydrogen) atoms. The number of hydrogen-bond acceptors (Lipinski definition) is 0. The Morgan fingerprint density at radius 1 is 1.21 bits per heavy atom. The van der Waals surface area contributed by atoms with E-state index in [0.717, 1.165) is 18.2 Å². The van der Waals surface area contributed by atoms with E-state index in [4.69, 9.17) is 4.11 Å². The molecule has 0 amide bonds. The van der Waals surface area contributed by atoms with Gasteiger partial charge in [0.25, 0.3) is 0 Å². The maximum atomic E-state index is 15.0. The van der Waals surface area contributed by atoms with Crippen LogP contribution in [0, 0.1) is 25.5 Å². The molecule has 1 aromatic heterocycles. The van der Waals surface area contributed by atoms with E-state index in [1.54, 1.807) is 13.0 Å². The molecule has 1 nitrogen and oxygen atoms in total. The van der Waals surface area contributed by atoms with Gasteiger partial charge in [-0.25, -0.2) is 8.96 Å². The first-order valence-corrected chi connectivity index (χ1v) is 12.1. The summed E-state index contributed by atoms with van der Waals surface area (Å²) >= 11 is 0. The molecule has 3 heteroatoms. The summed E-state index contributed by atoms with van der Waals surface area (Å²) < 4.78 is 39.6. The van der Waals surface area contributed by atoms with Crippen molar-refractivity contribution in [3.05, 3.63) is 46.9 Å². The smallest absolute Gasteiger partial charge is 0.206 e. The fourth-order valence-electron chi connectivity index (χ4n) is 3.29. The predicted molar refractivity (Wildman–Crippen MR) is 104 cm³/mol. The van der Waals surface area contributed by atoms with Crippen molar-refractivity contribution in [3.8, 4) is 11.3 Å². The van der Waals surface area contributed by atoms with E-state index in [2.05, 4.69) is 45.8 Å². The minimum Gasteiger partial charge on any atom is -0.206 e. The second kappa shape index (κ2) is 6.79. The van der Waals surface area contributed by atoms with Crippen LogP contribution in [0.3, 0.4) is 0 Å². The minimum atomic E-state index is -2.31. The fourth-order valence-corrected chi connectivity index (χ4v) is 5.01. The summed E-state index contributed by atoms with van der Waals surface area (Å²) in [6.07, 6.45) is 3.09. The third kappa shape index (κ3) is 3.94. The Morgan fingerprint density at radius 2 is 1.88 bits per heavy atom. The second-order valence-corrected chi connectivity index (χ2v) is 13.2. The Kier molecular flexibility index (Phi) is 4.20. The number of halogens is 1. The molecule has 0 atom stereocenters. The average Bonchev–Trinajstić information content (AvgIpc) is 2.46. The number of benzene rings is 1. The predicted octanol–water partition coefficient (Wildman–Crippen LogP) is 4.68. The molecule has 2 rings (SSSR count). The zero-order chi connectivity index (χ0) is 20.7. The van der Waals surface area contributed by atoms with Crippen molar-refractivity contribution in [2.75, 3.05) is 0 Å². The summed E-state index contributed by atoms with van der Waals surface area (Å²) in [6, 6.07) is 4.85. The topological polar surface area (TPSA) is 3.88 Å². The summed E-state index contributed by atoms with van der Waals surface area (Å²) in [5, 5.41) is 1.39. The number of rotatable bonds is 4. The molecule has 0 radical (unpaired) electrons. The third-order valence-electron chi connectivity index (χ3n) is 4.34. The van der Waals surface area contributed by atoms with Crippen LogP contribution in [-0.4, -0.2) is 8.07 Å². The van der Waals surface area contributed by atoms with Crippen LogP contribution in [0.1, 0.15) is 34.7 Å². The van der Waals surface area contributed by atoms with Gasteiger partial charge >= 0.3 is 0 Å². The van der Waals surface area contributed by atoms with E-state index in [0.29, 0.717) is 17.0 Å². The molecular weight excluding hydrogens is 313 g/mol. The van der Waals surface area contributed by atoms with Crippen molar-refractivity contribution in [2.45, 2.75) is 53.7 Å². The van der Waals surface area contributed by atoms with Crippen LogP contribution in [0.4, 0.5) is 4.39 Å². The Balaban J connectivity index is 2.73. The SMILES string of the molecule is [2H]C([2H])([2H])c1cc(C)c(-c2cc(CC(C)C)c([Si](C)(C)C)c[n+]2C)c(F)c1. The van der Waals surface area contributed by atoms with Crippen molar-refractivity contribution < 1.29 is 13.1 Å². The van der Waals surface area contributed by atoms with E-state index >= 15 is 0 Å². The van der Waals surface area contributed by atoms with Gasteiger partial charge in [0, 0.05) is 15.4 Å². The number of aromatic nitrogens is 1. The number of pyridine rings is 1.